The van der Waals surface area contributed by atoms with Crippen molar-refractivity contribution < 1.29 is 14.6 Å². The molecular formula is C17H25ClN2O3. The van der Waals surface area contributed by atoms with Crippen molar-refractivity contribution in [3.63, 3.8) is 0 Å². The minimum Gasteiger partial charge on any atom is -0.495 e. The zero-order chi connectivity index (χ0) is 17.0. The van der Waals surface area contributed by atoms with E-state index >= 15 is 0 Å². The van der Waals surface area contributed by atoms with Gasteiger partial charge in [-0.2, -0.15) is 0 Å². The number of ether oxygens (including phenoxy) is 1. The van der Waals surface area contributed by atoms with E-state index in [-0.39, 0.29) is 18.1 Å². The summed E-state index contributed by atoms with van der Waals surface area (Å²) < 4.78 is 5.28. The number of aliphatic hydroxyl groups excluding tert-OH is 1. The van der Waals surface area contributed by atoms with E-state index in [1.165, 1.54) is 0 Å². The summed E-state index contributed by atoms with van der Waals surface area (Å²) in [4.78, 5) is 14.5. The van der Waals surface area contributed by atoms with Gasteiger partial charge in [-0.15, -0.1) is 0 Å². The molecule has 1 amide bonds. The lowest BCUT2D eigenvalue weighted by molar-refractivity contribution is -0.117. The van der Waals surface area contributed by atoms with Crippen molar-refractivity contribution in [3.05, 3.63) is 22.7 Å². The zero-order valence-electron chi connectivity index (χ0n) is 13.9. The van der Waals surface area contributed by atoms with Crippen LogP contribution in [0.5, 0.6) is 5.75 Å². The molecule has 1 aliphatic heterocycles. The number of anilines is 1. The Labute approximate surface area is 142 Å². The molecule has 6 heteroatoms. The van der Waals surface area contributed by atoms with E-state index in [0.717, 1.165) is 24.9 Å². The lowest BCUT2D eigenvalue weighted by Gasteiger charge is -2.25. The molecule has 0 bridgehead atoms. The van der Waals surface area contributed by atoms with Crippen LogP contribution in [0.15, 0.2) is 12.1 Å². The fraction of sp³-hybridized carbons (Fsp3) is 0.588. The summed E-state index contributed by atoms with van der Waals surface area (Å²) in [5.74, 6) is 0.471. The molecule has 2 rings (SSSR count). The minimum absolute atomic E-state index is 0.0810. The number of methoxy groups -OCH3 is 1. The second-order valence-corrected chi connectivity index (χ2v) is 6.61. The van der Waals surface area contributed by atoms with Crippen LogP contribution in [-0.4, -0.2) is 48.3 Å². The highest BCUT2D eigenvalue weighted by Crippen LogP contribution is 2.31. The fourth-order valence-electron chi connectivity index (χ4n) is 3.07. The number of aryl methyl sites for hydroxylation is 1. The molecule has 1 aromatic carbocycles. The van der Waals surface area contributed by atoms with Crippen molar-refractivity contribution in [1.29, 1.82) is 0 Å². The predicted molar refractivity (Wildman–Crippen MR) is 92.3 cm³/mol. The predicted octanol–water partition coefficient (Wildman–Crippen LogP) is 2.83. The number of halogens is 1. The van der Waals surface area contributed by atoms with Gasteiger partial charge in [-0.1, -0.05) is 11.6 Å². The van der Waals surface area contributed by atoms with Gasteiger partial charge in [0.15, 0.2) is 0 Å². The first-order chi connectivity index (χ1) is 10.9. The monoisotopic (exact) mass is 340 g/mol. The third kappa shape index (κ3) is 4.83. The van der Waals surface area contributed by atoms with E-state index in [4.69, 9.17) is 16.3 Å². The Bertz CT molecular complexity index is 563. The largest absolute Gasteiger partial charge is 0.495 e. The van der Waals surface area contributed by atoms with Crippen LogP contribution in [0.2, 0.25) is 5.02 Å². The Hall–Kier alpha value is -1.30. The molecule has 1 fully saturated rings. The lowest BCUT2D eigenvalue weighted by atomic mass is 10.1. The Morgan fingerprint density at radius 2 is 2.30 bits per heavy atom. The minimum atomic E-state index is -0.345. The quantitative estimate of drug-likeness (QED) is 0.836. The molecular weight excluding hydrogens is 316 g/mol. The first kappa shape index (κ1) is 18.0. The molecule has 128 valence electrons. The molecule has 0 radical (unpaired) electrons. The summed E-state index contributed by atoms with van der Waals surface area (Å²) in [5, 5.41) is 13.1. The van der Waals surface area contributed by atoms with Crippen molar-refractivity contribution in [2.45, 2.75) is 45.3 Å². The smallest absolute Gasteiger partial charge is 0.238 e. The number of hydrogen-bond acceptors (Lipinski definition) is 4. The van der Waals surface area contributed by atoms with E-state index in [2.05, 4.69) is 10.2 Å². The van der Waals surface area contributed by atoms with Gasteiger partial charge >= 0.3 is 0 Å². The van der Waals surface area contributed by atoms with E-state index in [0.29, 0.717) is 29.4 Å². The molecule has 1 heterocycles. The van der Waals surface area contributed by atoms with Crippen LogP contribution in [0, 0.1) is 6.92 Å². The van der Waals surface area contributed by atoms with Crippen LogP contribution < -0.4 is 10.1 Å². The Kier molecular flexibility index (Phi) is 6.27. The SMILES string of the molecule is COc1cc(Cl)c(C)cc1NC(=O)CN1CCCC1CC(C)O. The van der Waals surface area contributed by atoms with Crippen LogP contribution in [0.4, 0.5) is 5.69 Å². The summed E-state index contributed by atoms with van der Waals surface area (Å²) in [6, 6.07) is 3.80. The first-order valence-electron chi connectivity index (χ1n) is 7.96. The molecule has 1 saturated heterocycles. The number of likely N-dealkylation sites (tertiary alicyclic amines) is 1. The number of hydrogen-bond donors (Lipinski definition) is 2. The maximum atomic E-state index is 12.4. The molecule has 1 aliphatic rings. The summed E-state index contributed by atoms with van der Waals surface area (Å²) >= 11 is 6.08. The van der Waals surface area contributed by atoms with Crippen molar-refractivity contribution in [1.82, 2.24) is 4.90 Å². The normalized spacial score (nSPS) is 19.6. The van der Waals surface area contributed by atoms with Crippen LogP contribution in [0.1, 0.15) is 31.7 Å². The van der Waals surface area contributed by atoms with Crippen molar-refractivity contribution in [2.75, 3.05) is 25.5 Å². The number of nitrogens with zero attached hydrogens (tertiary/aromatic N) is 1. The number of carbonyl (C=O) groups is 1. The standard InChI is InChI=1S/C17H25ClN2O3/c1-11-7-15(16(23-3)9-14(11)18)19-17(22)10-20-6-4-5-13(20)8-12(2)21/h7,9,12-13,21H,4-6,8,10H2,1-3H3,(H,19,22). The van der Waals surface area contributed by atoms with Crippen molar-refractivity contribution in [3.8, 4) is 5.75 Å². The molecule has 0 aliphatic carbocycles. The van der Waals surface area contributed by atoms with Gasteiger partial charge in [-0.05, 0) is 51.3 Å². The molecule has 0 aromatic heterocycles. The number of rotatable bonds is 6. The number of carbonyl (C=O) groups excluding carboxylic acids is 1. The fourth-order valence-corrected chi connectivity index (χ4v) is 3.22. The Balaban J connectivity index is 2.01. The van der Waals surface area contributed by atoms with Crippen LogP contribution in [0.25, 0.3) is 0 Å². The zero-order valence-corrected chi connectivity index (χ0v) is 14.7. The lowest BCUT2D eigenvalue weighted by Crippen LogP contribution is -2.38. The molecule has 2 unspecified atom stereocenters. The van der Waals surface area contributed by atoms with Crippen LogP contribution in [-0.2, 0) is 4.79 Å². The van der Waals surface area contributed by atoms with Gasteiger partial charge in [0.25, 0.3) is 0 Å². The highest BCUT2D eigenvalue weighted by atomic mass is 35.5. The topological polar surface area (TPSA) is 61.8 Å². The van der Waals surface area contributed by atoms with Crippen molar-refractivity contribution in [2.24, 2.45) is 0 Å². The average Bonchev–Trinajstić information content (AvgIpc) is 2.88. The second-order valence-electron chi connectivity index (χ2n) is 6.20. The van der Waals surface area contributed by atoms with Gasteiger partial charge in [0, 0.05) is 17.1 Å². The molecule has 5 nitrogen and oxygen atoms in total. The molecule has 23 heavy (non-hydrogen) atoms. The summed E-state index contributed by atoms with van der Waals surface area (Å²) in [5.41, 5.74) is 1.52. The average molecular weight is 341 g/mol. The first-order valence-corrected chi connectivity index (χ1v) is 8.34. The van der Waals surface area contributed by atoms with Crippen LogP contribution >= 0.6 is 11.6 Å². The van der Waals surface area contributed by atoms with E-state index < -0.39 is 0 Å². The van der Waals surface area contributed by atoms with Gasteiger partial charge < -0.3 is 15.2 Å². The van der Waals surface area contributed by atoms with E-state index in [1.54, 1.807) is 20.1 Å². The van der Waals surface area contributed by atoms with Gasteiger partial charge in [-0.3, -0.25) is 9.69 Å². The third-order valence-electron chi connectivity index (χ3n) is 4.21. The van der Waals surface area contributed by atoms with E-state index in [9.17, 15) is 9.90 Å². The second kappa shape index (κ2) is 7.99. The van der Waals surface area contributed by atoms with E-state index in [1.807, 2.05) is 13.0 Å². The highest BCUT2D eigenvalue weighted by Gasteiger charge is 2.27. The van der Waals surface area contributed by atoms with Gasteiger partial charge in [0.2, 0.25) is 5.91 Å². The number of benzene rings is 1. The molecule has 2 atom stereocenters. The summed E-state index contributed by atoms with van der Waals surface area (Å²) in [7, 11) is 1.55. The van der Waals surface area contributed by atoms with Gasteiger partial charge in [0.1, 0.15) is 5.75 Å². The molecule has 2 N–H and O–H groups in total. The Morgan fingerprint density at radius 1 is 1.57 bits per heavy atom. The Morgan fingerprint density at radius 3 is 2.96 bits per heavy atom. The maximum Gasteiger partial charge on any atom is 0.238 e. The summed E-state index contributed by atoms with van der Waals surface area (Å²) in [6.45, 7) is 4.89. The maximum absolute atomic E-state index is 12.4. The third-order valence-corrected chi connectivity index (χ3v) is 4.62. The van der Waals surface area contributed by atoms with Gasteiger partial charge in [0.05, 0.1) is 25.4 Å². The number of nitrogens with one attached hydrogen (secondary N) is 1. The summed E-state index contributed by atoms with van der Waals surface area (Å²) in [6.07, 6.45) is 2.45. The highest BCUT2D eigenvalue weighted by molar-refractivity contribution is 6.31. The van der Waals surface area contributed by atoms with Crippen LogP contribution in [0.3, 0.4) is 0 Å². The van der Waals surface area contributed by atoms with Gasteiger partial charge in [-0.25, -0.2) is 0 Å². The number of amides is 1. The van der Waals surface area contributed by atoms with Crippen molar-refractivity contribution >= 4 is 23.2 Å². The number of aliphatic hydroxyl groups is 1. The molecule has 0 spiro atoms. The molecule has 1 aromatic rings. The molecule has 0 saturated carbocycles.